The zero-order chi connectivity index (χ0) is 16.4. The summed E-state index contributed by atoms with van der Waals surface area (Å²) in [5.41, 5.74) is 3.16. The Morgan fingerprint density at radius 2 is 1.10 bits per heavy atom. The monoisotopic (exact) mass is 276 g/mol. The van der Waals surface area contributed by atoms with Crippen molar-refractivity contribution < 1.29 is 0 Å². The number of allylic oxidation sites excluding steroid dienone is 1. The fourth-order valence-electron chi connectivity index (χ4n) is 1.44. The summed E-state index contributed by atoms with van der Waals surface area (Å²) in [6.45, 7) is 21.4. The van der Waals surface area contributed by atoms with Crippen LogP contribution in [0.5, 0.6) is 0 Å². The third-order valence-electron chi connectivity index (χ3n) is 2.55. The molecule has 1 aromatic carbocycles. The van der Waals surface area contributed by atoms with Gasteiger partial charge in [0.25, 0.3) is 0 Å². The molecule has 116 valence electrons. The van der Waals surface area contributed by atoms with Crippen molar-refractivity contribution in [3.05, 3.63) is 41.5 Å². The van der Waals surface area contributed by atoms with Crippen LogP contribution >= 0.6 is 0 Å². The van der Waals surface area contributed by atoms with Gasteiger partial charge in [0.2, 0.25) is 0 Å². The Bertz CT molecular complexity index is 353. The lowest BCUT2D eigenvalue weighted by Gasteiger charge is -2.19. The topological polar surface area (TPSA) is 0 Å². The third-order valence-corrected chi connectivity index (χ3v) is 2.55. The van der Waals surface area contributed by atoms with Gasteiger partial charge in [0.15, 0.2) is 0 Å². The molecule has 0 heterocycles. The Morgan fingerprint density at radius 3 is 1.40 bits per heavy atom. The summed E-state index contributed by atoms with van der Waals surface area (Å²) in [6.07, 6.45) is 4.45. The van der Waals surface area contributed by atoms with Gasteiger partial charge in [-0.25, -0.2) is 0 Å². The molecule has 0 nitrogen and oxygen atoms in total. The molecule has 0 heteroatoms. The van der Waals surface area contributed by atoms with Gasteiger partial charge >= 0.3 is 0 Å². The van der Waals surface area contributed by atoms with E-state index in [1.54, 1.807) is 0 Å². The fourth-order valence-corrected chi connectivity index (χ4v) is 1.44. The Morgan fingerprint density at radius 1 is 0.700 bits per heavy atom. The quantitative estimate of drug-likeness (QED) is 0.513. The van der Waals surface area contributed by atoms with E-state index in [1.807, 2.05) is 27.7 Å². The van der Waals surface area contributed by atoms with Gasteiger partial charge in [-0.05, 0) is 22.0 Å². The van der Waals surface area contributed by atoms with Gasteiger partial charge in [-0.2, -0.15) is 0 Å². The molecule has 0 radical (unpaired) electrons. The van der Waals surface area contributed by atoms with Gasteiger partial charge in [0.1, 0.15) is 0 Å². The smallest absolute Gasteiger partial charge is 0.0132 e. The molecule has 0 saturated heterocycles. The number of hydrogen-bond donors (Lipinski definition) is 0. The summed E-state index contributed by atoms with van der Waals surface area (Å²) in [5, 5.41) is 0. The van der Waals surface area contributed by atoms with Crippen LogP contribution in [0.3, 0.4) is 0 Å². The molecule has 1 aromatic rings. The van der Waals surface area contributed by atoms with E-state index in [0.29, 0.717) is 0 Å². The first-order chi connectivity index (χ1) is 9.18. The average molecular weight is 277 g/mol. The van der Waals surface area contributed by atoms with Crippen molar-refractivity contribution >= 4 is 6.08 Å². The molecule has 0 aliphatic carbocycles. The second kappa shape index (κ2) is 9.80. The molecule has 0 atom stereocenters. The lowest BCUT2D eigenvalue weighted by Crippen LogP contribution is -2.10. The van der Waals surface area contributed by atoms with Crippen molar-refractivity contribution in [1.29, 1.82) is 0 Å². The highest BCUT2D eigenvalue weighted by atomic mass is 14.2. The maximum Gasteiger partial charge on any atom is -0.0132 e. The minimum absolute atomic E-state index is 0.242. The molecule has 0 N–H and O–H groups in total. The predicted molar refractivity (Wildman–Crippen MR) is 96.3 cm³/mol. The maximum absolute atomic E-state index is 2.25. The third kappa shape index (κ3) is 9.83. The Hall–Kier alpha value is -1.04. The molecular weight excluding hydrogens is 240 g/mol. The molecule has 1 rings (SSSR count). The van der Waals surface area contributed by atoms with Gasteiger partial charge in [0, 0.05) is 0 Å². The van der Waals surface area contributed by atoms with Crippen molar-refractivity contribution in [1.82, 2.24) is 0 Å². The molecule has 0 aliphatic rings. The molecule has 0 bridgehead atoms. The van der Waals surface area contributed by atoms with E-state index in [-0.39, 0.29) is 10.8 Å². The van der Waals surface area contributed by atoms with E-state index in [9.17, 15) is 0 Å². The van der Waals surface area contributed by atoms with E-state index in [0.717, 1.165) is 0 Å². The summed E-state index contributed by atoms with van der Waals surface area (Å²) in [7, 11) is 0. The van der Waals surface area contributed by atoms with Crippen molar-refractivity contribution in [2.24, 2.45) is 5.41 Å². The molecule has 0 saturated carbocycles. The van der Waals surface area contributed by atoms with Crippen LogP contribution in [0.4, 0.5) is 0 Å². The van der Waals surface area contributed by atoms with Gasteiger partial charge in [-0.1, -0.05) is 106 Å². The van der Waals surface area contributed by atoms with Gasteiger partial charge < -0.3 is 0 Å². The number of hydrogen-bond acceptors (Lipinski definition) is 0. The molecular formula is C20H36. The fraction of sp³-hybridized carbons (Fsp3) is 0.600. The van der Waals surface area contributed by atoms with Crippen molar-refractivity contribution in [3.8, 4) is 0 Å². The first-order valence-corrected chi connectivity index (χ1v) is 7.98. The van der Waals surface area contributed by atoms with Crippen LogP contribution in [0.25, 0.3) is 6.08 Å². The molecule has 0 spiro atoms. The van der Waals surface area contributed by atoms with Crippen LogP contribution in [0, 0.1) is 5.41 Å². The van der Waals surface area contributed by atoms with Crippen LogP contribution < -0.4 is 0 Å². The highest BCUT2D eigenvalue weighted by molar-refractivity contribution is 5.50. The van der Waals surface area contributed by atoms with Crippen LogP contribution in [0.15, 0.2) is 30.3 Å². The average Bonchev–Trinajstić information content (AvgIpc) is 2.40. The van der Waals surface area contributed by atoms with Gasteiger partial charge in [-0.3, -0.25) is 0 Å². The Balaban J connectivity index is 0. The summed E-state index contributed by atoms with van der Waals surface area (Å²) >= 11 is 0. The summed E-state index contributed by atoms with van der Waals surface area (Å²) in [4.78, 5) is 0. The maximum atomic E-state index is 2.25. The van der Waals surface area contributed by atoms with Crippen LogP contribution in [-0.4, -0.2) is 0 Å². The lowest BCUT2D eigenvalue weighted by atomic mass is 9.86. The van der Waals surface area contributed by atoms with Crippen molar-refractivity contribution in [2.45, 2.75) is 74.7 Å². The van der Waals surface area contributed by atoms with E-state index < -0.39 is 0 Å². The largest absolute Gasteiger partial charge is 0.0785 e. The molecule has 0 aliphatic heterocycles. The first kappa shape index (κ1) is 21.3. The van der Waals surface area contributed by atoms with E-state index in [2.05, 4.69) is 78.0 Å². The van der Waals surface area contributed by atoms with Crippen LogP contribution in [-0.2, 0) is 5.41 Å². The van der Waals surface area contributed by atoms with E-state index in [4.69, 9.17) is 0 Å². The number of rotatable bonds is 1. The van der Waals surface area contributed by atoms with Crippen LogP contribution in [0.2, 0.25) is 0 Å². The first-order valence-electron chi connectivity index (χ1n) is 7.98. The minimum Gasteiger partial charge on any atom is -0.0785 e. The Kier molecular flexibility index (Phi) is 10.4. The van der Waals surface area contributed by atoms with E-state index >= 15 is 0 Å². The molecule has 20 heavy (non-hydrogen) atoms. The summed E-state index contributed by atoms with van der Waals surface area (Å²) in [6, 6.07) is 8.84. The lowest BCUT2D eigenvalue weighted by molar-refractivity contribution is 0.547. The predicted octanol–water partition coefficient (Wildman–Crippen LogP) is 7.10. The second-order valence-electron chi connectivity index (χ2n) is 6.57. The zero-order valence-corrected chi connectivity index (χ0v) is 15.5. The molecule has 0 fully saturated rings. The summed E-state index contributed by atoms with van der Waals surface area (Å²) in [5.74, 6) is 0. The molecule has 0 amide bonds. The minimum atomic E-state index is 0.242. The van der Waals surface area contributed by atoms with Crippen LogP contribution in [0.1, 0.15) is 80.4 Å². The van der Waals surface area contributed by atoms with Crippen molar-refractivity contribution in [2.75, 3.05) is 0 Å². The van der Waals surface area contributed by atoms with E-state index in [1.165, 1.54) is 11.1 Å². The zero-order valence-electron chi connectivity index (χ0n) is 15.5. The highest BCUT2D eigenvalue weighted by Gasteiger charge is 2.12. The molecule has 0 unspecified atom stereocenters. The number of benzene rings is 1. The summed E-state index contributed by atoms with van der Waals surface area (Å²) < 4.78 is 0. The van der Waals surface area contributed by atoms with Crippen molar-refractivity contribution in [3.63, 3.8) is 0 Å². The van der Waals surface area contributed by atoms with Gasteiger partial charge in [-0.15, -0.1) is 0 Å². The highest BCUT2D eigenvalue weighted by Crippen LogP contribution is 2.23. The standard InChI is InChI=1S/C16H24.2C2H6/c1-15(2,3)12-11-13-7-9-14(10-8-13)16(4,5)6;2*1-2/h7-12H,1-6H3;2*1-2H3/b12-11+;;. The normalized spacial score (nSPS) is 11.3. The van der Waals surface area contributed by atoms with Gasteiger partial charge in [0.05, 0.1) is 0 Å². The second-order valence-corrected chi connectivity index (χ2v) is 6.57. The Labute approximate surface area is 128 Å². The molecule has 0 aromatic heterocycles. The SMILES string of the molecule is CC.CC.CC(C)(C)/C=C/c1ccc(C(C)(C)C)cc1.